The van der Waals surface area contributed by atoms with Gasteiger partial charge in [0, 0.05) is 22.5 Å². The third kappa shape index (κ3) is 3.83. The van der Waals surface area contributed by atoms with Crippen LogP contribution in [0.25, 0.3) is 5.69 Å². The number of phenolic OH excluding ortho intramolecular Hbond substituents is 1. The molecule has 28 heavy (non-hydrogen) atoms. The molecule has 0 spiro atoms. The van der Waals surface area contributed by atoms with Gasteiger partial charge in [0.05, 0.1) is 11.9 Å². The second-order valence-corrected chi connectivity index (χ2v) is 6.85. The van der Waals surface area contributed by atoms with Gasteiger partial charge in [-0.3, -0.25) is 4.79 Å². The molecule has 144 valence electrons. The van der Waals surface area contributed by atoms with E-state index >= 15 is 0 Å². The predicted octanol–water partition coefficient (Wildman–Crippen LogP) is 4.43. The van der Waals surface area contributed by atoms with Crippen LogP contribution >= 0.6 is 0 Å². The fraction of sp³-hybridized carbons (Fsp3) is 0.217. The van der Waals surface area contributed by atoms with Crippen LogP contribution in [0.1, 0.15) is 45.4 Å². The molecule has 5 nitrogen and oxygen atoms in total. The molecule has 1 heterocycles. The molecular formula is C23H25N3O2. The fourth-order valence-electron chi connectivity index (χ4n) is 3.46. The lowest BCUT2D eigenvalue weighted by atomic mass is 10.1. The van der Waals surface area contributed by atoms with E-state index < -0.39 is 0 Å². The van der Waals surface area contributed by atoms with Gasteiger partial charge in [0.1, 0.15) is 5.75 Å². The minimum absolute atomic E-state index is 0.0464. The molecule has 2 aromatic carbocycles. The molecule has 0 fully saturated rings. The monoisotopic (exact) mass is 375 g/mol. The van der Waals surface area contributed by atoms with Crippen molar-refractivity contribution >= 4 is 12.1 Å². The largest absolute Gasteiger partial charge is 0.508 e. The number of hydrogen-bond donors (Lipinski definition) is 2. The Labute approximate surface area is 165 Å². The van der Waals surface area contributed by atoms with Crippen molar-refractivity contribution in [1.82, 2.24) is 9.99 Å². The molecule has 1 aromatic heterocycles. The highest BCUT2D eigenvalue weighted by molar-refractivity contribution is 5.95. The maximum absolute atomic E-state index is 12.2. The van der Waals surface area contributed by atoms with E-state index in [4.69, 9.17) is 0 Å². The van der Waals surface area contributed by atoms with Crippen molar-refractivity contribution in [2.45, 2.75) is 34.1 Å². The Morgan fingerprint density at radius 2 is 1.89 bits per heavy atom. The molecule has 1 amide bonds. The van der Waals surface area contributed by atoms with Crippen molar-refractivity contribution in [2.24, 2.45) is 5.10 Å². The average Bonchev–Trinajstić information content (AvgIpc) is 2.95. The number of aryl methyl sites for hydroxylation is 3. The summed E-state index contributed by atoms with van der Waals surface area (Å²) < 4.78 is 2.24. The predicted molar refractivity (Wildman–Crippen MR) is 113 cm³/mol. The van der Waals surface area contributed by atoms with Crippen molar-refractivity contribution in [3.05, 3.63) is 82.2 Å². The number of nitrogens with zero attached hydrogens (tertiary/aromatic N) is 2. The van der Waals surface area contributed by atoms with Crippen molar-refractivity contribution in [3.8, 4) is 11.4 Å². The molecule has 0 aliphatic carbocycles. The second-order valence-electron chi connectivity index (χ2n) is 6.85. The number of nitrogens with one attached hydrogen (secondary N) is 1. The Bertz CT molecular complexity index is 1050. The molecule has 0 atom stereocenters. The molecule has 0 saturated heterocycles. The van der Waals surface area contributed by atoms with Crippen LogP contribution in [-0.2, 0) is 6.42 Å². The number of hydrogen-bond acceptors (Lipinski definition) is 3. The molecule has 5 heteroatoms. The van der Waals surface area contributed by atoms with Gasteiger partial charge in [0.2, 0.25) is 0 Å². The summed E-state index contributed by atoms with van der Waals surface area (Å²) in [7, 11) is 0. The van der Waals surface area contributed by atoms with E-state index in [0.717, 1.165) is 23.4 Å². The summed E-state index contributed by atoms with van der Waals surface area (Å²) in [5.41, 5.74) is 9.72. The highest BCUT2D eigenvalue weighted by atomic mass is 16.3. The highest BCUT2D eigenvalue weighted by Gasteiger charge is 2.14. The second kappa shape index (κ2) is 8.13. The number of amides is 1. The minimum Gasteiger partial charge on any atom is -0.508 e. The SMILES string of the molecule is CCc1cccc(C)c1-n1c(C)cc(/C=N/NC(=O)c2cccc(O)c2)c1C. The number of aromatic nitrogens is 1. The Hall–Kier alpha value is -3.34. The van der Waals surface area contributed by atoms with E-state index in [1.165, 1.54) is 28.9 Å². The summed E-state index contributed by atoms with van der Waals surface area (Å²) >= 11 is 0. The number of rotatable bonds is 5. The summed E-state index contributed by atoms with van der Waals surface area (Å²) in [6, 6.07) is 14.6. The molecule has 3 rings (SSSR count). The molecule has 0 radical (unpaired) electrons. The first-order chi connectivity index (χ1) is 13.4. The van der Waals surface area contributed by atoms with Crippen LogP contribution in [0, 0.1) is 20.8 Å². The number of carbonyl (C=O) groups is 1. The quantitative estimate of drug-likeness (QED) is 0.512. The van der Waals surface area contributed by atoms with Gasteiger partial charge in [-0.2, -0.15) is 5.10 Å². The zero-order valence-corrected chi connectivity index (χ0v) is 16.7. The van der Waals surface area contributed by atoms with E-state index in [0.29, 0.717) is 5.56 Å². The number of carbonyl (C=O) groups excluding carboxylic acids is 1. The Morgan fingerprint density at radius 3 is 2.61 bits per heavy atom. The maximum Gasteiger partial charge on any atom is 0.271 e. The van der Waals surface area contributed by atoms with Crippen molar-refractivity contribution in [3.63, 3.8) is 0 Å². The van der Waals surface area contributed by atoms with E-state index in [1.54, 1.807) is 18.3 Å². The molecule has 0 saturated carbocycles. The summed E-state index contributed by atoms with van der Waals surface area (Å²) in [5.74, 6) is -0.321. The third-order valence-electron chi connectivity index (χ3n) is 4.87. The third-order valence-corrected chi connectivity index (χ3v) is 4.87. The Kier molecular flexibility index (Phi) is 5.64. The summed E-state index contributed by atoms with van der Waals surface area (Å²) in [5, 5.41) is 13.6. The smallest absolute Gasteiger partial charge is 0.271 e. The number of aromatic hydroxyl groups is 1. The molecule has 0 aliphatic heterocycles. The normalized spacial score (nSPS) is 11.1. The van der Waals surface area contributed by atoms with Crippen LogP contribution in [0.3, 0.4) is 0 Å². The van der Waals surface area contributed by atoms with Gasteiger partial charge in [0.15, 0.2) is 0 Å². The zero-order chi connectivity index (χ0) is 20.3. The average molecular weight is 375 g/mol. The van der Waals surface area contributed by atoms with Gasteiger partial charge < -0.3 is 9.67 Å². The maximum atomic E-state index is 12.2. The molecule has 2 N–H and O–H groups in total. The van der Waals surface area contributed by atoms with E-state index in [9.17, 15) is 9.90 Å². The summed E-state index contributed by atoms with van der Waals surface area (Å²) in [4.78, 5) is 12.2. The first-order valence-electron chi connectivity index (χ1n) is 9.32. The Balaban J connectivity index is 1.87. The van der Waals surface area contributed by atoms with Gasteiger partial charge in [0.25, 0.3) is 5.91 Å². The van der Waals surface area contributed by atoms with Crippen LogP contribution in [0.2, 0.25) is 0 Å². The van der Waals surface area contributed by atoms with Crippen molar-refractivity contribution in [1.29, 1.82) is 0 Å². The summed E-state index contributed by atoms with van der Waals surface area (Å²) in [6.07, 6.45) is 2.61. The lowest BCUT2D eigenvalue weighted by molar-refractivity contribution is 0.0954. The van der Waals surface area contributed by atoms with Crippen LogP contribution in [0.4, 0.5) is 0 Å². The van der Waals surface area contributed by atoms with Crippen LogP contribution in [-0.4, -0.2) is 21.8 Å². The van der Waals surface area contributed by atoms with Crippen molar-refractivity contribution in [2.75, 3.05) is 0 Å². The first-order valence-corrected chi connectivity index (χ1v) is 9.32. The molecular weight excluding hydrogens is 350 g/mol. The minimum atomic E-state index is -0.367. The number of phenols is 1. The molecule has 3 aromatic rings. The summed E-state index contributed by atoms with van der Waals surface area (Å²) in [6.45, 7) is 8.40. The molecule has 0 bridgehead atoms. The van der Waals surface area contributed by atoms with Crippen molar-refractivity contribution < 1.29 is 9.90 Å². The van der Waals surface area contributed by atoms with Gasteiger partial charge in [-0.25, -0.2) is 5.43 Å². The standard InChI is InChI=1S/C23H25N3O2/c1-5-18-9-6-8-15(2)22(18)26-16(3)12-20(17(26)4)14-24-25-23(28)19-10-7-11-21(27)13-19/h6-14,27H,5H2,1-4H3,(H,25,28)/b24-14+. The molecule has 0 aliphatic rings. The number of hydrazone groups is 1. The fourth-order valence-corrected chi connectivity index (χ4v) is 3.46. The van der Waals surface area contributed by atoms with Crippen LogP contribution < -0.4 is 5.43 Å². The number of benzene rings is 2. The first kappa shape index (κ1) is 19.4. The van der Waals surface area contributed by atoms with E-state index in [-0.39, 0.29) is 11.7 Å². The van der Waals surface area contributed by atoms with Gasteiger partial charge in [-0.15, -0.1) is 0 Å². The Morgan fingerprint density at radius 1 is 1.14 bits per heavy atom. The van der Waals surface area contributed by atoms with Gasteiger partial charge >= 0.3 is 0 Å². The van der Waals surface area contributed by atoms with Gasteiger partial charge in [-0.05, 0) is 62.6 Å². The zero-order valence-electron chi connectivity index (χ0n) is 16.7. The van der Waals surface area contributed by atoms with E-state index in [1.807, 2.05) is 0 Å². The van der Waals surface area contributed by atoms with E-state index in [2.05, 4.69) is 67.1 Å². The molecule has 0 unspecified atom stereocenters. The number of para-hydroxylation sites is 1. The highest BCUT2D eigenvalue weighted by Crippen LogP contribution is 2.26. The van der Waals surface area contributed by atoms with Crippen LogP contribution in [0.15, 0.2) is 53.6 Å². The lowest BCUT2D eigenvalue weighted by Crippen LogP contribution is -2.17. The topological polar surface area (TPSA) is 66.6 Å². The van der Waals surface area contributed by atoms with Gasteiger partial charge in [-0.1, -0.05) is 31.2 Å². The van der Waals surface area contributed by atoms with Crippen LogP contribution in [0.5, 0.6) is 5.75 Å². The lowest BCUT2D eigenvalue weighted by Gasteiger charge is -2.17.